The van der Waals surface area contributed by atoms with Crippen LogP contribution in [0.3, 0.4) is 0 Å². The molecular formula is C27H40N2O2. The topological polar surface area (TPSA) is 45.1 Å². The summed E-state index contributed by atoms with van der Waals surface area (Å²) in [4.78, 5) is 8.19. The monoisotopic (exact) mass is 424 g/mol. The van der Waals surface area contributed by atoms with Crippen LogP contribution in [0.1, 0.15) is 78.1 Å². The molecule has 0 bridgehead atoms. The zero-order valence-electron chi connectivity index (χ0n) is 19.5. The van der Waals surface area contributed by atoms with Crippen molar-refractivity contribution in [2.75, 3.05) is 26.2 Å². The Bertz CT molecular complexity index is 807. The van der Waals surface area contributed by atoms with Crippen molar-refractivity contribution < 1.29 is 9.94 Å². The van der Waals surface area contributed by atoms with E-state index in [0.717, 1.165) is 44.4 Å². The predicted octanol–water partition coefficient (Wildman–Crippen LogP) is 4.78. The van der Waals surface area contributed by atoms with Gasteiger partial charge in [0, 0.05) is 12.0 Å². The number of terminal acetylenes is 1. The van der Waals surface area contributed by atoms with Gasteiger partial charge in [0.05, 0.1) is 5.71 Å². The Morgan fingerprint density at radius 1 is 1.13 bits per heavy atom. The molecule has 1 N–H and O–H groups in total. The van der Waals surface area contributed by atoms with Gasteiger partial charge in [-0.05, 0) is 107 Å². The van der Waals surface area contributed by atoms with Crippen molar-refractivity contribution in [2.24, 2.45) is 33.7 Å². The Labute approximate surface area is 188 Å². The molecule has 5 rings (SSSR count). The summed E-state index contributed by atoms with van der Waals surface area (Å²) in [5, 5.41) is 15.7. The van der Waals surface area contributed by atoms with Crippen LogP contribution in [0.4, 0.5) is 0 Å². The average molecular weight is 425 g/mol. The number of aliphatic hydroxyl groups is 1. The number of hydrogen-bond donors (Lipinski definition) is 1. The smallest absolute Gasteiger partial charge is 0.130 e. The molecule has 6 atom stereocenters. The van der Waals surface area contributed by atoms with Gasteiger partial charge < -0.3 is 9.94 Å². The Morgan fingerprint density at radius 3 is 2.68 bits per heavy atom. The first-order valence-electron chi connectivity index (χ1n) is 12.7. The van der Waals surface area contributed by atoms with Crippen molar-refractivity contribution in [3.63, 3.8) is 0 Å². The van der Waals surface area contributed by atoms with Gasteiger partial charge in [-0.1, -0.05) is 30.5 Å². The van der Waals surface area contributed by atoms with Gasteiger partial charge in [0.15, 0.2) is 0 Å². The van der Waals surface area contributed by atoms with E-state index in [2.05, 4.69) is 35.9 Å². The molecule has 1 aliphatic heterocycles. The number of fused-ring (bicyclic) bond motifs is 5. The quantitative estimate of drug-likeness (QED) is 0.401. The molecular weight excluding hydrogens is 384 g/mol. The highest BCUT2D eigenvalue weighted by Crippen LogP contribution is 2.67. The lowest BCUT2D eigenvalue weighted by molar-refractivity contribution is -0.0987. The Hall–Kier alpha value is -1.31. The molecule has 1 heterocycles. The molecule has 5 aliphatic rings. The predicted molar refractivity (Wildman–Crippen MR) is 125 cm³/mol. The molecule has 4 nitrogen and oxygen atoms in total. The van der Waals surface area contributed by atoms with E-state index in [0.29, 0.717) is 24.4 Å². The van der Waals surface area contributed by atoms with Crippen molar-refractivity contribution in [3.05, 3.63) is 11.6 Å². The molecule has 4 aliphatic carbocycles. The SMILES string of the molecule is C#C[C@]1(O)CC[C@H]2[C@@H]3CCC4=C/C(=N\OCCN5CCCC5)CC[C@]4(C)[C@H]3CC[C@@]21C. The van der Waals surface area contributed by atoms with E-state index < -0.39 is 5.60 Å². The number of hydrogen-bond acceptors (Lipinski definition) is 4. The molecule has 0 unspecified atom stereocenters. The molecule has 3 saturated carbocycles. The zero-order chi connectivity index (χ0) is 21.7. The van der Waals surface area contributed by atoms with Gasteiger partial charge in [-0.3, -0.25) is 4.90 Å². The van der Waals surface area contributed by atoms with Crippen molar-refractivity contribution in [1.29, 1.82) is 0 Å². The van der Waals surface area contributed by atoms with Crippen LogP contribution in [0.2, 0.25) is 0 Å². The molecule has 0 amide bonds. The zero-order valence-corrected chi connectivity index (χ0v) is 19.5. The van der Waals surface area contributed by atoms with Gasteiger partial charge in [0.1, 0.15) is 12.2 Å². The highest BCUT2D eigenvalue weighted by Gasteiger charge is 2.63. The average Bonchev–Trinajstić information content (AvgIpc) is 3.38. The van der Waals surface area contributed by atoms with Crippen molar-refractivity contribution in [2.45, 2.75) is 83.7 Å². The lowest BCUT2D eigenvalue weighted by Crippen LogP contribution is -2.54. The summed E-state index contributed by atoms with van der Waals surface area (Å²) in [6.07, 6.45) is 19.5. The minimum atomic E-state index is -0.904. The highest BCUT2D eigenvalue weighted by atomic mass is 16.6. The van der Waals surface area contributed by atoms with Crippen molar-refractivity contribution in [1.82, 2.24) is 4.90 Å². The summed E-state index contributed by atoms with van der Waals surface area (Å²) in [6.45, 7) is 8.91. The van der Waals surface area contributed by atoms with E-state index >= 15 is 0 Å². The third-order valence-electron chi connectivity index (χ3n) is 10.2. The normalized spacial score (nSPS) is 46.1. The van der Waals surface area contributed by atoms with E-state index in [9.17, 15) is 5.11 Å². The number of likely N-dealkylation sites (tertiary alicyclic amines) is 1. The molecule has 0 aromatic rings. The van der Waals surface area contributed by atoms with Crippen LogP contribution in [0.15, 0.2) is 16.8 Å². The van der Waals surface area contributed by atoms with E-state index in [4.69, 9.17) is 11.3 Å². The van der Waals surface area contributed by atoms with Crippen LogP contribution in [0.5, 0.6) is 0 Å². The fraction of sp³-hybridized carbons (Fsp3) is 0.815. The van der Waals surface area contributed by atoms with E-state index in [1.54, 1.807) is 5.57 Å². The maximum atomic E-state index is 11.2. The number of oxime groups is 1. The summed E-state index contributed by atoms with van der Waals surface area (Å²) >= 11 is 0. The molecule has 0 aromatic heterocycles. The van der Waals surface area contributed by atoms with Crippen LogP contribution in [-0.2, 0) is 4.84 Å². The molecule has 4 heteroatoms. The van der Waals surface area contributed by atoms with Crippen molar-refractivity contribution >= 4 is 5.71 Å². The fourth-order valence-corrected chi connectivity index (χ4v) is 8.20. The highest BCUT2D eigenvalue weighted by molar-refractivity contribution is 5.96. The summed E-state index contributed by atoms with van der Waals surface area (Å²) in [5.74, 6) is 4.77. The number of rotatable bonds is 4. The van der Waals surface area contributed by atoms with Crippen LogP contribution in [0.25, 0.3) is 0 Å². The van der Waals surface area contributed by atoms with E-state index in [-0.39, 0.29) is 10.8 Å². The molecule has 4 fully saturated rings. The largest absolute Gasteiger partial charge is 0.394 e. The van der Waals surface area contributed by atoms with Crippen LogP contribution in [0, 0.1) is 40.9 Å². The first-order chi connectivity index (χ1) is 14.9. The minimum Gasteiger partial charge on any atom is -0.394 e. The maximum Gasteiger partial charge on any atom is 0.130 e. The first kappa shape index (κ1) is 21.5. The minimum absolute atomic E-state index is 0.106. The van der Waals surface area contributed by atoms with Crippen LogP contribution >= 0.6 is 0 Å². The second kappa shape index (κ2) is 7.92. The first-order valence-corrected chi connectivity index (χ1v) is 12.7. The second-order valence-corrected chi connectivity index (χ2v) is 11.5. The third kappa shape index (κ3) is 3.39. The summed E-state index contributed by atoms with van der Waals surface area (Å²) in [7, 11) is 0. The molecule has 0 spiro atoms. The van der Waals surface area contributed by atoms with E-state index in [1.807, 2.05) is 0 Å². The molecule has 31 heavy (non-hydrogen) atoms. The van der Waals surface area contributed by atoms with E-state index in [1.165, 1.54) is 45.2 Å². The number of allylic oxidation sites excluding steroid dienone is 2. The fourth-order valence-electron chi connectivity index (χ4n) is 8.20. The molecule has 170 valence electrons. The molecule has 0 aromatic carbocycles. The van der Waals surface area contributed by atoms with Gasteiger partial charge in [-0.15, -0.1) is 6.42 Å². The van der Waals surface area contributed by atoms with Crippen LogP contribution < -0.4 is 0 Å². The third-order valence-corrected chi connectivity index (χ3v) is 10.2. The Balaban J connectivity index is 1.27. The summed E-state index contributed by atoms with van der Waals surface area (Å²) in [5.41, 5.74) is 1.99. The van der Waals surface area contributed by atoms with Gasteiger partial charge in [-0.2, -0.15) is 0 Å². The second-order valence-electron chi connectivity index (χ2n) is 11.5. The lowest BCUT2D eigenvalue weighted by atomic mass is 9.46. The summed E-state index contributed by atoms with van der Waals surface area (Å²) < 4.78 is 0. The lowest BCUT2D eigenvalue weighted by Gasteiger charge is -2.58. The van der Waals surface area contributed by atoms with Gasteiger partial charge >= 0.3 is 0 Å². The van der Waals surface area contributed by atoms with Crippen molar-refractivity contribution in [3.8, 4) is 12.3 Å². The molecule has 0 radical (unpaired) electrons. The Morgan fingerprint density at radius 2 is 1.90 bits per heavy atom. The summed E-state index contributed by atoms with van der Waals surface area (Å²) in [6, 6.07) is 0. The molecule has 1 saturated heterocycles. The van der Waals surface area contributed by atoms with Gasteiger partial charge in [0.2, 0.25) is 0 Å². The maximum absolute atomic E-state index is 11.2. The Kier molecular flexibility index (Phi) is 5.50. The number of nitrogens with zero attached hydrogens (tertiary/aromatic N) is 2. The standard InChI is InChI=1S/C27H40N2O2/c1-4-27(30)14-11-24-22-8-7-20-19-21(28-31-18-17-29-15-5-6-16-29)9-12-25(20,2)23(22)10-13-26(24,27)3/h1,19,22-24,30H,5-18H2,2-3H3/b28-21-/t22-,23+,24+,25+,26+,27+/m1/s1. The van der Waals surface area contributed by atoms with Crippen LogP contribution in [-0.4, -0.2) is 47.6 Å². The van der Waals surface area contributed by atoms with Gasteiger partial charge in [0.25, 0.3) is 0 Å². The van der Waals surface area contributed by atoms with Gasteiger partial charge in [-0.25, -0.2) is 0 Å².